The summed E-state index contributed by atoms with van der Waals surface area (Å²) in [5, 5.41) is 0. The third-order valence-corrected chi connectivity index (χ3v) is 1.79. The van der Waals surface area contributed by atoms with E-state index in [-0.39, 0.29) is 5.78 Å². The van der Waals surface area contributed by atoms with Crippen molar-refractivity contribution in [1.82, 2.24) is 0 Å². The molecule has 1 aromatic rings. The molecule has 0 aliphatic carbocycles. The zero-order valence-corrected chi connectivity index (χ0v) is 8.54. The summed E-state index contributed by atoms with van der Waals surface area (Å²) in [7, 11) is 0. The third kappa shape index (κ3) is 2.46. The molecule has 0 aromatic heterocycles. The van der Waals surface area contributed by atoms with Gasteiger partial charge in [0.05, 0.1) is 6.61 Å². The zero-order chi connectivity index (χ0) is 10.6. The Hall–Kier alpha value is -1.57. The van der Waals surface area contributed by atoms with Crippen molar-refractivity contribution >= 4 is 5.78 Å². The van der Waals surface area contributed by atoms with Gasteiger partial charge in [-0.3, -0.25) is 4.79 Å². The van der Waals surface area contributed by atoms with Crippen LogP contribution in [0.5, 0.6) is 5.75 Å². The topological polar surface area (TPSA) is 26.3 Å². The van der Waals surface area contributed by atoms with Crippen LogP contribution in [-0.4, -0.2) is 12.4 Å². The lowest BCUT2D eigenvalue weighted by Crippen LogP contribution is -2.00. The Kier molecular flexibility index (Phi) is 3.46. The van der Waals surface area contributed by atoms with Crippen LogP contribution in [0, 0.1) is 0 Å². The number of Topliss-reactive ketones (excluding diaryl/α,β-unsaturated/α-hetero) is 1. The Labute approximate surface area is 84.2 Å². The molecule has 0 saturated heterocycles. The van der Waals surface area contributed by atoms with Crippen molar-refractivity contribution in [2.24, 2.45) is 0 Å². The maximum atomic E-state index is 11.5. The predicted molar refractivity (Wildman–Crippen MR) is 56.8 cm³/mol. The monoisotopic (exact) mass is 190 g/mol. The van der Waals surface area contributed by atoms with Gasteiger partial charge in [0.1, 0.15) is 5.75 Å². The van der Waals surface area contributed by atoms with Crippen LogP contribution in [0.3, 0.4) is 0 Å². The number of benzene rings is 1. The smallest absolute Gasteiger partial charge is 0.188 e. The van der Waals surface area contributed by atoms with Gasteiger partial charge in [0.25, 0.3) is 0 Å². The summed E-state index contributed by atoms with van der Waals surface area (Å²) in [5.41, 5.74) is 1.17. The molecule has 2 nitrogen and oxygen atoms in total. The number of hydrogen-bond acceptors (Lipinski definition) is 2. The van der Waals surface area contributed by atoms with Crippen molar-refractivity contribution in [3.63, 3.8) is 0 Å². The first-order valence-electron chi connectivity index (χ1n) is 4.58. The van der Waals surface area contributed by atoms with Crippen molar-refractivity contribution in [3.05, 3.63) is 42.0 Å². The second kappa shape index (κ2) is 4.61. The number of ketones is 1. The molecule has 74 valence electrons. The summed E-state index contributed by atoms with van der Waals surface area (Å²) in [4.78, 5) is 11.5. The van der Waals surface area contributed by atoms with Crippen LogP contribution in [0.25, 0.3) is 0 Å². The van der Waals surface area contributed by atoms with Crippen LogP contribution in [-0.2, 0) is 0 Å². The van der Waals surface area contributed by atoms with Gasteiger partial charge >= 0.3 is 0 Å². The molecule has 0 atom stereocenters. The Morgan fingerprint density at radius 2 is 2.21 bits per heavy atom. The zero-order valence-electron chi connectivity index (χ0n) is 8.54. The quantitative estimate of drug-likeness (QED) is 0.539. The van der Waals surface area contributed by atoms with Crippen LogP contribution in [0.1, 0.15) is 24.2 Å². The molecule has 0 aliphatic rings. The largest absolute Gasteiger partial charge is 0.494 e. The van der Waals surface area contributed by atoms with Gasteiger partial charge in [-0.15, -0.1) is 0 Å². The molecule has 0 spiro atoms. The van der Waals surface area contributed by atoms with E-state index in [9.17, 15) is 4.79 Å². The highest BCUT2D eigenvalue weighted by atomic mass is 16.5. The molecule has 1 aromatic carbocycles. The molecular formula is C12H14O2. The summed E-state index contributed by atoms with van der Waals surface area (Å²) in [6.45, 7) is 7.83. The molecular weight excluding hydrogens is 176 g/mol. The number of ether oxygens (including phenoxy) is 1. The maximum Gasteiger partial charge on any atom is 0.188 e. The van der Waals surface area contributed by atoms with E-state index in [1.165, 1.54) is 0 Å². The average Bonchev–Trinajstić information content (AvgIpc) is 2.17. The van der Waals surface area contributed by atoms with Crippen molar-refractivity contribution in [1.29, 1.82) is 0 Å². The number of hydrogen-bond donors (Lipinski definition) is 0. The van der Waals surface area contributed by atoms with Gasteiger partial charge in [-0.1, -0.05) is 18.7 Å². The van der Waals surface area contributed by atoms with E-state index < -0.39 is 0 Å². The fourth-order valence-corrected chi connectivity index (χ4v) is 1.14. The normalized spacial score (nSPS) is 9.57. The van der Waals surface area contributed by atoms with Crippen LogP contribution in [0.4, 0.5) is 0 Å². The van der Waals surface area contributed by atoms with E-state index in [1.807, 2.05) is 13.0 Å². The first kappa shape index (κ1) is 10.5. The Morgan fingerprint density at radius 1 is 1.50 bits per heavy atom. The lowest BCUT2D eigenvalue weighted by atomic mass is 10.1. The minimum absolute atomic E-state index is 0.0356. The second-order valence-electron chi connectivity index (χ2n) is 3.07. The van der Waals surface area contributed by atoms with Crippen LogP contribution >= 0.6 is 0 Å². The van der Waals surface area contributed by atoms with Gasteiger partial charge in [0.2, 0.25) is 0 Å². The van der Waals surface area contributed by atoms with Gasteiger partial charge in [0, 0.05) is 5.56 Å². The molecule has 0 aliphatic heterocycles. The van der Waals surface area contributed by atoms with Gasteiger partial charge in [-0.05, 0) is 31.6 Å². The highest BCUT2D eigenvalue weighted by Crippen LogP contribution is 2.15. The minimum Gasteiger partial charge on any atom is -0.494 e. The number of rotatable bonds is 4. The van der Waals surface area contributed by atoms with Crippen molar-refractivity contribution in [2.45, 2.75) is 13.8 Å². The first-order chi connectivity index (χ1) is 6.65. The SMILES string of the molecule is C=C(C)C(=O)c1cccc(OCC)c1. The maximum absolute atomic E-state index is 11.5. The van der Waals surface area contributed by atoms with E-state index in [2.05, 4.69) is 6.58 Å². The molecule has 0 saturated carbocycles. The van der Waals surface area contributed by atoms with Gasteiger partial charge < -0.3 is 4.74 Å². The molecule has 14 heavy (non-hydrogen) atoms. The lowest BCUT2D eigenvalue weighted by Gasteiger charge is -2.04. The molecule has 0 fully saturated rings. The molecule has 0 unspecified atom stereocenters. The second-order valence-corrected chi connectivity index (χ2v) is 3.07. The summed E-state index contributed by atoms with van der Waals surface area (Å²) >= 11 is 0. The summed E-state index contributed by atoms with van der Waals surface area (Å²) in [6.07, 6.45) is 0. The van der Waals surface area contributed by atoms with Crippen LogP contribution in [0.15, 0.2) is 36.4 Å². The molecule has 0 N–H and O–H groups in total. The van der Waals surface area contributed by atoms with Gasteiger partial charge in [0.15, 0.2) is 5.78 Å². The number of carbonyl (C=O) groups is 1. The molecule has 0 radical (unpaired) electrons. The standard InChI is InChI=1S/C12H14O2/c1-4-14-11-7-5-6-10(8-11)12(13)9(2)3/h5-8H,2,4H2,1,3H3. The highest BCUT2D eigenvalue weighted by molar-refractivity contribution is 6.08. The predicted octanol–water partition coefficient (Wildman–Crippen LogP) is 2.84. The summed E-state index contributed by atoms with van der Waals surface area (Å²) < 4.78 is 5.29. The van der Waals surface area contributed by atoms with Crippen molar-refractivity contribution in [3.8, 4) is 5.75 Å². The van der Waals surface area contributed by atoms with E-state index in [0.29, 0.717) is 17.7 Å². The molecule has 0 amide bonds. The molecule has 1 rings (SSSR count). The number of allylic oxidation sites excluding steroid dienone is 1. The van der Waals surface area contributed by atoms with Gasteiger partial charge in [-0.2, -0.15) is 0 Å². The fourth-order valence-electron chi connectivity index (χ4n) is 1.14. The van der Waals surface area contributed by atoms with Crippen molar-refractivity contribution < 1.29 is 9.53 Å². The van der Waals surface area contributed by atoms with E-state index in [4.69, 9.17) is 4.74 Å². The Balaban J connectivity index is 2.93. The molecule has 2 heteroatoms. The van der Waals surface area contributed by atoms with E-state index in [1.54, 1.807) is 25.1 Å². The number of carbonyl (C=O) groups excluding carboxylic acids is 1. The Bertz CT molecular complexity index is 353. The Morgan fingerprint density at radius 3 is 2.79 bits per heavy atom. The first-order valence-corrected chi connectivity index (χ1v) is 4.58. The van der Waals surface area contributed by atoms with E-state index in [0.717, 1.165) is 5.75 Å². The fraction of sp³-hybridized carbons (Fsp3) is 0.250. The minimum atomic E-state index is -0.0356. The lowest BCUT2D eigenvalue weighted by molar-refractivity contribution is 0.103. The molecule has 0 bridgehead atoms. The molecule has 0 heterocycles. The highest BCUT2D eigenvalue weighted by Gasteiger charge is 2.06. The van der Waals surface area contributed by atoms with E-state index >= 15 is 0 Å². The summed E-state index contributed by atoms with van der Waals surface area (Å²) in [5.74, 6) is 0.686. The van der Waals surface area contributed by atoms with Crippen LogP contribution in [0.2, 0.25) is 0 Å². The van der Waals surface area contributed by atoms with Gasteiger partial charge in [-0.25, -0.2) is 0 Å². The third-order valence-electron chi connectivity index (χ3n) is 1.79. The van der Waals surface area contributed by atoms with Crippen LogP contribution < -0.4 is 4.74 Å². The van der Waals surface area contributed by atoms with Crippen molar-refractivity contribution in [2.75, 3.05) is 6.61 Å². The summed E-state index contributed by atoms with van der Waals surface area (Å²) in [6, 6.07) is 7.14. The average molecular weight is 190 g/mol.